The smallest absolute Gasteiger partial charge is 0.324 e. The van der Waals surface area contributed by atoms with Crippen LogP contribution in [0.4, 0.5) is 10.1 Å². The topological polar surface area (TPSA) is 73.1 Å². The third-order valence-corrected chi connectivity index (χ3v) is 6.06. The molecule has 2 aromatic carbocycles. The zero-order valence-corrected chi connectivity index (χ0v) is 18.2. The fraction of sp³-hybridized carbons (Fsp3) is 0.136. The molecule has 0 unspecified atom stereocenters. The maximum Gasteiger partial charge on any atom is 0.336 e. The van der Waals surface area contributed by atoms with Gasteiger partial charge in [0, 0.05) is 10.7 Å². The highest BCUT2D eigenvalue weighted by molar-refractivity contribution is 7.17. The Labute approximate surface area is 185 Å². The molecule has 0 radical (unpaired) electrons. The first-order chi connectivity index (χ1) is 14.8. The van der Waals surface area contributed by atoms with E-state index in [9.17, 15) is 18.8 Å². The zero-order valence-electron chi connectivity index (χ0n) is 16.6. The highest BCUT2D eigenvalue weighted by Crippen LogP contribution is 2.21. The Balaban J connectivity index is 1.82. The normalized spacial score (nSPS) is 11.1. The molecule has 0 fully saturated rings. The maximum absolute atomic E-state index is 13.6. The number of hydrogen-bond donors (Lipinski definition) is 1. The van der Waals surface area contributed by atoms with Crippen LogP contribution in [0.3, 0.4) is 0 Å². The first kappa shape index (κ1) is 21.0. The van der Waals surface area contributed by atoms with E-state index < -0.39 is 23.0 Å². The molecule has 2 aromatic heterocycles. The van der Waals surface area contributed by atoms with E-state index in [1.165, 1.54) is 34.1 Å². The molecule has 0 aliphatic carbocycles. The van der Waals surface area contributed by atoms with Crippen molar-refractivity contribution < 1.29 is 9.18 Å². The number of nitrogens with zero attached hydrogens (tertiary/aromatic N) is 2. The number of rotatable bonds is 4. The number of carbonyl (C=O) groups is 1. The summed E-state index contributed by atoms with van der Waals surface area (Å²) in [4.78, 5) is 39.1. The summed E-state index contributed by atoms with van der Waals surface area (Å²) in [5, 5.41) is 4.91. The van der Waals surface area contributed by atoms with Gasteiger partial charge in [-0.15, -0.1) is 11.3 Å². The van der Waals surface area contributed by atoms with Crippen LogP contribution in [0.2, 0.25) is 5.02 Å². The third-order valence-electron chi connectivity index (χ3n) is 4.93. The lowest BCUT2D eigenvalue weighted by Crippen LogP contribution is -2.40. The summed E-state index contributed by atoms with van der Waals surface area (Å²) in [5.41, 5.74) is 1.24. The molecule has 0 aliphatic heterocycles. The van der Waals surface area contributed by atoms with Crippen molar-refractivity contribution in [1.29, 1.82) is 0 Å². The van der Waals surface area contributed by atoms with Gasteiger partial charge in [-0.2, -0.15) is 0 Å². The number of benzene rings is 2. The fourth-order valence-electron chi connectivity index (χ4n) is 3.38. The number of amides is 1. The Bertz CT molecular complexity index is 1450. The highest BCUT2D eigenvalue weighted by Gasteiger charge is 2.19. The Kier molecular flexibility index (Phi) is 5.51. The summed E-state index contributed by atoms with van der Waals surface area (Å²) in [5.74, 6) is -0.913. The van der Waals surface area contributed by atoms with Crippen molar-refractivity contribution in [3.8, 4) is 5.69 Å². The Morgan fingerprint density at radius 2 is 1.87 bits per heavy atom. The molecular weight excluding hydrogens is 441 g/mol. The quantitative estimate of drug-likeness (QED) is 0.497. The molecule has 0 aliphatic rings. The minimum atomic E-state index is -0.677. The van der Waals surface area contributed by atoms with Crippen molar-refractivity contribution in [1.82, 2.24) is 9.13 Å². The minimum Gasteiger partial charge on any atom is -0.324 e. The molecule has 9 heteroatoms. The van der Waals surface area contributed by atoms with Crippen LogP contribution in [0, 0.1) is 19.7 Å². The van der Waals surface area contributed by atoms with Gasteiger partial charge in [0.2, 0.25) is 5.91 Å². The molecule has 1 N–H and O–H groups in total. The summed E-state index contributed by atoms with van der Waals surface area (Å²) in [6.07, 6.45) is 0. The molecule has 0 spiro atoms. The van der Waals surface area contributed by atoms with Gasteiger partial charge < -0.3 is 5.32 Å². The monoisotopic (exact) mass is 457 g/mol. The highest BCUT2D eigenvalue weighted by atomic mass is 35.5. The van der Waals surface area contributed by atoms with E-state index in [0.29, 0.717) is 26.5 Å². The number of thiophene rings is 1. The van der Waals surface area contributed by atoms with Gasteiger partial charge in [-0.3, -0.25) is 14.2 Å². The van der Waals surface area contributed by atoms with E-state index in [1.807, 2.05) is 6.92 Å². The van der Waals surface area contributed by atoms with E-state index in [0.717, 1.165) is 10.1 Å². The fourth-order valence-corrected chi connectivity index (χ4v) is 4.38. The molecule has 1 amide bonds. The van der Waals surface area contributed by atoms with Crippen LogP contribution < -0.4 is 16.6 Å². The van der Waals surface area contributed by atoms with Crippen molar-refractivity contribution in [3.05, 3.63) is 90.6 Å². The predicted molar refractivity (Wildman–Crippen MR) is 121 cm³/mol. The molecule has 158 valence electrons. The van der Waals surface area contributed by atoms with Crippen LogP contribution in [0.15, 0.2) is 57.4 Å². The third kappa shape index (κ3) is 3.92. The van der Waals surface area contributed by atoms with Crippen molar-refractivity contribution in [2.24, 2.45) is 0 Å². The average Bonchev–Trinajstić information content (AvgIpc) is 3.20. The molecular formula is C22H17ClFN3O3S. The molecule has 6 nitrogen and oxygen atoms in total. The second-order valence-electron chi connectivity index (χ2n) is 7.08. The molecule has 0 saturated heterocycles. The van der Waals surface area contributed by atoms with Crippen molar-refractivity contribution >= 4 is 44.7 Å². The van der Waals surface area contributed by atoms with Gasteiger partial charge in [-0.25, -0.2) is 13.8 Å². The van der Waals surface area contributed by atoms with E-state index in [1.54, 1.807) is 36.6 Å². The van der Waals surface area contributed by atoms with Gasteiger partial charge in [0.1, 0.15) is 17.1 Å². The first-order valence-corrected chi connectivity index (χ1v) is 10.6. The van der Waals surface area contributed by atoms with Crippen LogP contribution in [0.5, 0.6) is 0 Å². The largest absolute Gasteiger partial charge is 0.336 e. The van der Waals surface area contributed by atoms with Crippen LogP contribution >= 0.6 is 22.9 Å². The zero-order chi connectivity index (χ0) is 22.3. The number of halogens is 2. The summed E-state index contributed by atoms with van der Waals surface area (Å²) >= 11 is 7.19. The second kappa shape index (κ2) is 8.13. The van der Waals surface area contributed by atoms with Crippen molar-refractivity contribution in [3.63, 3.8) is 0 Å². The first-order valence-electron chi connectivity index (χ1n) is 9.32. The number of hydrogen-bond acceptors (Lipinski definition) is 4. The lowest BCUT2D eigenvalue weighted by Gasteiger charge is -2.14. The summed E-state index contributed by atoms with van der Waals surface area (Å²) in [7, 11) is 0. The van der Waals surface area contributed by atoms with Crippen LogP contribution in [-0.2, 0) is 11.3 Å². The van der Waals surface area contributed by atoms with E-state index in [4.69, 9.17) is 11.6 Å². The van der Waals surface area contributed by atoms with Gasteiger partial charge in [-0.05, 0) is 66.8 Å². The van der Waals surface area contributed by atoms with E-state index in [2.05, 4.69) is 5.32 Å². The van der Waals surface area contributed by atoms with E-state index >= 15 is 0 Å². The number of anilines is 1. The number of nitrogens with one attached hydrogen (secondary N) is 1. The number of aromatic nitrogens is 2. The summed E-state index contributed by atoms with van der Waals surface area (Å²) < 4.78 is 16.1. The van der Waals surface area contributed by atoms with Gasteiger partial charge in [0.25, 0.3) is 5.56 Å². The Hall–Kier alpha value is -3.23. The summed E-state index contributed by atoms with van der Waals surface area (Å²) in [6.45, 7) is 3.13. The van der Waals surface area contributed by atoms with Crippen molar-refractivity contribution in [2.75, 3.05) is 5.32 Å². The predicted octanol–water partition coefficient (Wildman–Crippen LogP) is 4.26. The molecule has 4 aromatic rings. The Morgan fingerprint density at radius 1 is 1.10 bits per heavy atom. The van der Waals surface area contributed by atoms with E-state index in [-0.39, 0.29) is 12.2 Å². The second-order valence-corrected chi connectivity index (χ2v) is 8.44. The molecule has 2 heterocycles. The molecule has 0 saturated carbocycles. The molecule has 31 heavy (non-hydrogen) atoms. The maximum atomic E-state index is 13.6. The van der Waals surface area contributed by atoms with Crippen molar-refractivity contribution in [2.45, 2.75) is 20.4 Å². The minimum absolute atomic E-state index is 0.270. The lowest BCUT2D eigenvalue weighted by atomic mass is 10.2. The molecule has 0 bridgehead atoms. The van der Waals surface area contributed by atoms with Gasteiger partial charge >= 0.3 is 5.69 Å². The summed E-state index contributed by atoms with van der Waals surface area (Å²) in [6, 6.07) is 10.6. The number of carbonyl (C=O) groups excluding carboxylic acids is 1. The number of aryl methyl sites for hydroxylation is 2. The average molecular weight is 458 g/mol. The van der Waals surface area contributed by atoms with Crippen LogP contribution in [0.25, 0.3) is 15.9 Å². The van der Waals surface area contributed by atoms with Gasteiger partial charge in [0.15, 0.2) is 0 Å². The van der Waals surface area contributed by atoms with Gasteiger partial charge in [0.05, 0.1) is 11.2 Å². The number of fused-ring (bicyclic) bond motifs is 1. The standard InChI is InChI=1S/C22H17ClFN3O3S/c1-12-3-4-14(23)10-16(12)25-19(28)11-26-18-7-8-31-20(18)21(29)27(22(26)30)17-6-5-15(24)9-13(17)2/h3-10H,11H2,1-2H3,(H,25,28). The lowest BCUT2D eigenvalue weighted by molar-refractivity contribution is -0.116. The Morgan fingerprint density at radius 3 is 2.61 bits per heavy atom. The van der Waals surface area contributed by atoms with Crippen LogP contribution in [-0.4, -0.2) is 15.0 Å². The molecule has 4 rings (SSSR count). The molecule has 0 atom stereocenters. The van der Waals surface area contributed by atoms with Crippen LogP contribution in [0.1, 0.15) is 11.1 Å². The SMILES string of the molecule is Cc1ccc(Cl)cc1NC(=O)Cn1c(=O)n(-c2ccc(F)cc2C)c(=O)c2sccc21. The van der Waals surface area contributed by atoms with Gasteiger partial charge in [-0.1, -0.05) is 17.7 Å².